The van der Waals surface area contributed by atoms with E-state index in [1.54, 1.807) is 65.9 Å². The summed E-state index contributed by atoms with van der Waals surface area (Å²) in [7, 11) is 0. The number of rotatable bonds is 7. The highest BCUT2D eigenvalue weighted by atomic mass is 32.1. The number of ether oxygens (including phenoxy) is 1. The number of anilines is 2. The fourth-order valence-corrected chi connectivity index (χ4v) is 3.13. The number of hydrogen-bond donors (Lipinski definition) is 2. The van der Waals surface area contributed by atoms with Crippen molar-refractivity contribution in [2.75, 3.05) is 17.2 Å². The molecule has 3 rings (SSSR count). The van der Waals surface area contributed by atoms with E-state index in [1.807, 2.05) is 24.4 Å². The molecule has 1 aromatic heterocycles. The van der Waals surface area contributed by atoms with E-state index in [-0.39, 0.29) is 11.8 Å². The van der Waals surface area contributed by atoms with E-state index < -0.39 is 0 Å². The van der Waals surface area contributed by atoms with Crippen LogP contribution in [0, 0.1) is 0 Å². The lowest BCUT2D eigenvalue weighted by atomic mass is 10.1. The molecule has 2 amide bonds. The lowest BCUT2D eigenvalue weighted by Crippen LogP contribution is -2.17. The van der Waals surface area contributed by atoms with Crippen LogP contribution in [0.5, 0.6) is 5.75 Å². The molecule has 1 heterocycles. The van der Waals surface area contributed by atoms with Crippen LogP contribution in [0.2, 0.25) is 0 Å². The molecule has 0 bridgehead atoms. The average molecular weight is 392 g/mol. The zero-order chi connectivity index (χ0) is 19.8. The molecule has 0 fully saturated rings. The third kappa shape index (κ3) is 5.31. The van der Waals surface area contributed by atoms with Gasteiger partial charge < -0.3 is 15.4 Å². The van der Waals surface area contributed by atoms with Gasteiger partial charge in [-0.1, -0.05) is 18.2 Å². The minimum atomic E-state index is -0.303. The quantitative estimate of drug-likeness (QED) is 0.553. The predicted octanol–water partition coefficient (Wildman–Crippen LogP) is 5.05. The Bertz CT molecular complexity index is 964. The van der Waals surface area contributed by atoms with Crippen LogP contribution in [0.3, 0.4) is 0 Å². The number of nitrogens with one attached hydrogen (secondary N) is 2. The number of thiophene rings is 1. The van der Waals surface area contributed by atoms with Gasteiger partial charge in [-0.15, -0.1) is 11.3 Å². The molecular weight excluding hydrogens is 372 g/mol. The number of amides is 2. The van der Waals surface area contributed by atoms with Gasteiger partial charge in [0.05, 0.1) is 17.9 Å². The summed E-state index contributed by atoms with van der Waals surface area (Å²) in [5.41, 5.74) is 1.48. The Balaban J connectivity index is 1.68. The molecule has 2 N–H and O–H groups in total. The third-order valence-electron chi connectivity index (χ3n) is 3.79. The molecule has 3 aromatic rings. The van der Waals surface area contributed by atoms with Crippen molar-refractivity contribution >= 4 is 40.6 Å². The maximum atomic E-state index is 12.7. The van der Waals surface area contributed by atoms with Crippen molar-refractivity contribution in [1.82, 2.24) is 0 Å². The summed E-state index contributed by atoms with van der Waals surface area (Å²) < 4.78 is 5.40. The van der Waals surface area contributed by atoms with E-state index >= 15 is 0 Å². The van der Waals surface area contributed by atoms with Gasteiger partial charge in [0.15, 0.2) is 0 Å². The largest absolute Gasteiger partial charge is 0.494 e. The van der Waals surface area contributed by atoms with Gasteiger partial charge in [-0.3, -0.25) is 9.59 Å². The Hall–Kier alpha value is -3.38. The molecule has 0 saturated carbocycles. The molecule has 0 aliphatic heterocycles. The Labute approximate surface area is 167 Å². The van der Waals surface area contributed by atoms with Crippen molar-refractivity contribution in [2.24, 2.45) is 0 Å². The van der Waals surface area contributed by atoms with Crippen LogP contribution in [0.25, 0.3) is 6.08 Å². The van der Waals surface area contributed by atoms with Gasteiger partial charge in [0.2, 0.25) is 5.91 Å². The molecule has 5 nitrogen and oxygen atoms in total. The maximum absolute atomic E-state index is 12.7. The van der Waals surface area contributed by atoms with Crippen LogP contribution >= 0.6 is 11.3 Å². The van der Waals surface area contributed by atoms with Crippen molar-refractivity contribution in [1.29, 1.82) is 0 Å². The van der Waals surface area contributed by atoms with Crippen molar-refractivity contribution in [3.8, 4) is 5.75 Å². The van der Waals surface area contributed by atoms with Crippen LogP contribution in [0.4, 0.5) is 11.4 Å². The minimum absolute atomic E-state index is 0.297. The van der Waals surface area contributed by atoms with Crippen molar-refractivity contribution in [2.45, 2.75) is 6.92 Å². The van der Waals surface area contributed by atoms with E-state index in [2.05, 4.69) is 10.6 Å². The highest BCUT2D eigenvalue weighted by molar-refractivity contribution is 7.10. The van der Waals surface area contributed by atoms with Crippen molar-refractivity contribution < 1.29 is 14.3 Å². The molecule has 0 radical (unpaired) electrons. The first kappa shape index (κ1) is 19.4. The lowest BCUT2D eigenvalue weighted by Gasteiger charge is -2.11. The molecule has 0 unspecified atom stereocenters. The highest BCUT2D eigenvalue weighted by Crippen LogP contribution is 2.20. The fraction of sp³-hybridized carbons (Fsp3) is 0.0909. The van der Waals surface area contributed by atoms with E-state index in [0.29, 0.717) is 23.5 Å². The van der Waals surface area contributed by atoms with Crippen molar-refractivity contribution in [3.63, 3.8) is 0 Å². The fourth-order valence-electron chi connectivity index (χ4n) is 2.51. The first-order valence-corrected chi connectivity index (χ1v) is 9.69. The van der Waals surface area contributed by atoms with E-state index in [9.17, 15) is 9.59 Å². The van der Waals surface area contributed by atoms with E-state index in [0.717, 1.165) is 10.6 Å². The van der Waals surface area contributed by atoms with Crippen LogP contribution in [0.1, 0.15) is 22.2 Å². The van der Waals surface area contributed by atoms with Crippen molar-refractivity contribution in [3.05, 3.63) is 82.6 Å². The van der Waals surface area contributed by atoms with Crippen LogP contribution < -0.4 is 15.4 Å². The molecule has 28 heavy (non-hydrogen) atoms. The molecular formula is C22H20N2O3S. The highest BCUT2D eigenvalue weighted by Gasteiger charge is 2.12. The molecule has 142 valence electrons. The van der Waals surface area contributed by atoms with Crippen LogP contribution in [-0.2, 0) is 4.79 Å². The molecule has 0 aliphatic rings. The van der Waals surface area contributed by atoms with Crippen LogP contribution in [0.15, 0.2) is 72.1 Å². The van der Waals surface area contributed by atoms with E-state index in [1.165, 1.54) is 6.08 Å². The topological polar surface area (TPSA) is 67.4 Å². The number of carbonyl (C=O) groups is 2. The Morgan fingerprint density at radius 2 is 1.79 bits per heavy atom. The Morgan fingerprint density at radius 3 is 2.50 bits per heavy atom. The molecule has 6 heteroatoms. The summed E-state index contributed by atoms with van der Waals surface area (Å²) in [5, 5.41) is 7.54. The maximum Gasteiger partial charge on any atom is 0.257 e. The summed E-state index contributed by atoms with van der Waals surface area (Å²) in [6, 6.07) is 17.9. The number of para-hydroxylation sites is 1. The average Bonchev–Trinajstić information content (AvgIpc) is 3.22. The molecule has 0 aliphatic carbocycles. The SMILES string of the molecule is CCOc1ccc(NC(=O)c2ccccc2NC(=O)C=Cc2cccs2)cc1. The normalized spacial score (nSPS) is 10.6. The second kappa shape index (κ2) is 9.53. The van der Waals surface area contributed by atoms with Gasteiger partial charge in [0.1, 0.15) is 5.75 Å². The second-order valence-corrected chi connectivity index (χ2v) is 6.77. The van der Waals surface area contributed by atoms with Gasteiger partial charge in [0, 0.05) is 16.6 Å². The first-order chi connectivity index (χ1) is 13.7. The summed E-state index contributed by atoms with van der Waals surface area (Å²) in [5.74, 6) is 0.141. The first-order valence-electron chi connectivity index (χ1n) is 8.81. The number of hydrogen-bond acceptors (Lipinski definition) is 4. The Morgan fingerprint density at radius 1 is 1.00 bits per heavy atom. The minimum Gasteiger partial charge on any atom is -0.494 e. The zero-order valence-electron chi connectivity index (χ0n) is 15.3. The molecule has 2 aromatic carbocycles. The van der Waals surface area contributed by atoms with Gasteiger partial charge in [-0.05, 0) is 60.8 Å². The summed E-state index contributed by atoms with van der Waals surface area (Å²) >= 11 is 1.54. The number of benzene rings is 2. The summed E-state index contributed by atoms with van der Waals surface area (Å²) in [6.45, 7) is 2.50. The predicted molar refractivity (Wildman–Crippen MR) is 114 cm³/mol. The third-order valence-corrected chi connectivity index (χ3v) is 4.63. The Kier molecular flexibility index (Phi) is 6.59. The number of carbonyl (C=O) groups excluding carboxylic acids is 2. The van der Waals surface area contributed by atoms with Gasteiger partial charge in [0.25, 0.3) is 5.91 Å². The van der Waals surface area contributed by atoms with Gasteiger partial charge >= 0.3 is 0 Å². The molecule has 0 atom stereocenters. The standard InChI is InChI=1S/C22H20N2O3S/c1-2-27-17-11-9-16(10-12-17)23-22(26)19-7-3-4-8-20(19)24-21(25)14-13-18-6-5-15-28-18/h3-15H,2H2,1H3,(H,23,26)(H,24,25). The molecule has 0 saturated heterocycles. The van der Waals surface area contributed by atoms with Gasteiger partial charge in [-0.2, -0.15) is 0 Å². The summed E-state index contributed by atoms with van der Waals surface area (Å²) in [4.78, 5) is 25.8. The second-order valence-electron chi connectivity index (χ2n) is 5.80. The monoisotopic (exact) mass is 392 g/mol. The summed E-state index contributed by atoms with van der Waals surface area (Å²) in [6.07, 6.45) is 3.19. The van der Waals surface area contributed by atoms with Crippen LogP contribution in [-0.4, -0.2) is 18.4 Å². The smallest absolute Gasteiger partial charge is 0.257 e. The zero-order valence-corrected chi connectivity index (χ0v) is 16.2. The molecule has 0 spiro atoms. The van der Waals surface area contributed by atoms with Gasteiger partial charge in [-0.25, -0.2) is 0 Å². The van der Waals surface area contributed by atoms with E-state index in [4.69, 9.17) is 4.74 Å². The lowest BCUT2D eigenvalue weighted by molar-refractivity contribution is -0.111.